The number of rotatable bonds is 3. The molecule has 0 fully saturated rings. The minimum absolute atomic E-state index is 0.0744. The van der Waals surface area contributed by atoms with Crippen molar-refractivity contribution in [1.29, 1.82) is 0 Å². The summed E-state index contributed by atoms with van der Waals surface area (Å²) in [5.41, 5.74) is 0.930. The zero-order chi connectivity index (χ0) is 13.2. The fourth-order valence-electron chi connectivity index (χ4n) is 1.36. The van der Waals surface area contributed by atoms with E-state index in [1.807, 2.05) is 0 Å². The van der Waals surface area contributed by atoms with E-state index in [9.17, 15) is 13.2 Å². The Labute approximate surface area is 100 Å². The molecule has 0 aliphatic heterocycles. The average molecular weight is 254 g/mol. The molecule has 1 rings (SSSR count). The van der Waals surface area contributed by atoms with E-state index in [1.165, 1.54) is 13.0 Å². The van der Waals surface area contributed by atoms with Gasteiger partial charge in [0, 0.05) is 5.57 Å². The molecule has 0 spiro atoms. The molecule has 0 radical (unpaired) electrons. The molecule has 0 saturated carbocycles. The molecule has 3 N–H and O–H groups in total. The zero-order valence-corrected chi connectivity index (χ0v) is 10.5. The molecule has 0 atom stereocenters. The minimum atomic E-state index is -3.88. The van der Waals surface area contributed by atoms with Gasteiger partial charge in [0.25, 0.3) is 5.91 Å². The first-order valence-corrected chi connectivity index (χ1v) is 6.37. The first-order valence-electron chi connectivity index (χ1n) is 4.82. The molecule has 17 heavy (non-hydrogen) atoms. The highest BCUT2D eigenvalue weighted by molar-refractivity contribution is 7.89. The lowest BCUT2D eigenvalue weighted by Gasteiger charge is -2.11. The van der Waals surface area contributed by atoms with Crippen LogP contribution in [0.4, 0.5) is 5.69 Å². The summed E-state index contributed by atoms with van der Waals surface area (Å²) in [6, 6.07) is 4.72. The van der Waals surface area contributed by atoms with E-state index in [0.29, 0.717) is 5.56 Å². The van der Waals surface area contributed by atoms with Gasteiger partial charge in [-0.1, -0.05) is 18.7 Å². The lowest BCUT2D eigenvalue weighted by molar-refractivity contribution is -0.112. The fraction of sp³-hybridized carbons (Fsp3) is 0.182. The molecule has 92 valence electrons. The molecule has 1 aromatic rings. The van der Waals surface area contributed by atoms with E-state index in [4.69, 9.17) is 5.14 Å². The van der Waals surface area contributed by atoms with Crippen LogP contribution >= 0.6 is 0 Å². The van der Waals surface area contributed by atoms with Crippen LogP contribution in [-0.2, 0) is 14.8 Å². The van der Waals surface area contributed by atoms with Gasteiger partial charge in [-0.25, -0.2) is 13.6 Å². The maximum absolute atomic E-state index is 11.5. The number of anilines is 1. The monoisotopic (exact) mass is 254 g/mol. The van der Waals surface area contributed by atoms with Gasteiger partial charge in [-0.05, 0) is 25.5 Å². The minimum Gasteiger partial charge on any atom is -0.321 e. The Morgan fingerprint density at radius 3 is 2.47 bits per heavy atom. The van der Waals surface area contributed by atoms with Crippen molar-refractivity contribution >= 4 is 21.6 Å². The largest absolute Gasteiger partial charge is 0.321 e. The lowest BCUT2D eigenvalue weighted by Crippen LogP contribution is -2.19. The van der Waals surface area contributed by atoms with Gasteiger partial charge in [0.2, 0.25) is 10.0 Å². The van der Waals surface area contributed by atoms with Crippen molar-refractivity contribution in [2.24, 2.45) is 5.14 Å². The van der Waals surface area contributed by atoms with Crippen molar-refractivity contribution < 1.29 is 13.2 Å². The van der Waals surface area contributed by atoms with Crippen molar-refractivity contribution in [3.8, 4) is 0 Å². The van der Waals surface area contributed by atoms with Crippen molar-refractivity contribution in [1.82, 2.24) is 0 Å². The molecule has 0 saturated heterocycles. The number of hydrogen-bond donors (Lipinski definition) is 2. The number of benzene rings is 1. The van der Waals surface area contributed by atoms with Gasteiger partial charge in [0.05, 0.1) is 5.69 Å². The van der Waals surface area contributed by atoms with Gasteiger partial charge < -0.3 is 5.32 Å². The summed E-state index contributed by atoms with van der Waals surface area (Å²) in [5, 5.41) is 7.57. The van der Waals surface area contributed by atoms with Crippen molar-refractivity contribution in [3.63, 3.8) is 0 Å². The molecular formula is C11H14N2O3S. The summed E-state index contributed by atoms with van der Waals surface area (Å²) in [6.07, 6.45) is 0. The summed E-state index contributed by atoms with van der Waals surface area (Å²) < 4.78 is 22.9. The van der Waals surface area contributed by atoms with E-state index in [2.05, 4.69) is 11.9 Å². The van der Waals surface area contributed by atoms with Crippen LogP contribution in [0.1, 0.15) is 12.5 Å². The number of aryl methyl sites for hydroxylation is 1. The van der Waals surface area contributed by atoms with Crippen LogP contribution in [-0.4, -0.2) is 14.3 Å². The summed E-state index contributed by atoms with van der Waals surface area (Å²) in [4.78, 5) is 11.4. The molecule has 6 heteroatoms. The Morgan fingerprint density at radius 2 is 2.00 bits per heavy atom. The third kappa shape index (κ3) is 3.15. The number of amides is 1. The molecule has 1 aromatic carbocycles. The first-order chi connectivity index (χ1) is 7.73. The molecular weight excluding hydrogens is 240 g/mol. The number of nitrogens with two attached hydrogens (primary N) is 1. The molecule has 1 amide bonds. The number of hydrogen-bond acceptors (Lipinski definition) is 3. The Balaban J connectivity index is 3.31. The molecule has 0 aromatic heterocycles. The predicted molar refractivity (Wildman–Crippen MR) is 66.0 cm³/mol. The number of nitrogens with one attached hydrogen (secondary N) is 1. The molecule has 5 nitrogen and oxygen atoms in total. The van der Waals surface area contributed by atoms with Crippen LogP contribution in [0.15, 0.2) is 35.2 Å². The van der Waals surface area contributed by atoms with E-state index in [-0.39, 0.29) is 16.2 Å². The highest BCUT2D eigenvalue weighted by atomic mass is 32.2. The normalized spacial score (nSPS) is 11.0. The second-order valence-corrected chi connectivity index (χ2v) is 5.23. The number of carbonyl (C=O) groups is 1. The fourth-order valence-corrected chi connectivity index (χ4v) is 2.30. The Bertz CT molecular complexity index is 576. The van der Waals surface area contributed by atoms with Crippen LogP contribution in [0.3, 0.4) is 0 Å². The van der Waals surface area contributed by atoms with E-state index >= 15 is 0 Å². The van der Waals surface area contributed by atoms with Crippen molar-refractivity contribution in [2.45, 2.75) is 18.7 Å². The van der Waals surface area contributed by atoms with Crippen LogP contribution in [0, 0.1) is 6.92 Å². The third-order valence-electron chi connectivity index (χ3n) is 2.13. The highest BCUT2D eigenvalue weighted by Gasteiger charge is 2.18. The molecule has 0 aliphatic rings. The maximum Gasteiger partial charge on any atom is 0.250 e. The van der Waals surface area contributed by atoms with E-state index in [0.717, 1.165) is 0 Å². The average Bonchev–Trinajstić information content (AvgIpc) is 2.15. The van der Waals surface area contributed by atoms with Crippen LogP contribution in [0.2, 0.25) is 0 Å². The standard InChI is InChI=1S/C11H14N2O3S/c1-7(2)11(14)13-9-6-4-5-8(3)10(9)17(12,15)16/h4-6H,1H2,2-3H3,(H,13,14)(H2,12,15,16). The summed E-state index contributed by atoms with van der Waals surface area (Å²) >= 11 is 0. The smallest absolute Gasteiger partial charge is 0.250 e. The summed E-state index contributed by atoms with van der Waals surface area (Å²) in [6.45, 7) is 6.61. The van der Waals surface area contributed by atoms with Crippen LogP contribution in [0.5, 0.6) is 0 Å². The Hall–Kier alpha value is -1.66. The lowest BCUT2D eigenvalue weighted by atomic mass is 10.2. The second-order valence-electron chi connectivity index (χ2n) is 3.73. The first kappa shape index (κ1) is 13.4. The molecule has 0 unspecified atom stereocenters. The number of carbonyl (C=O) groups excluding carboxylic acids is 1. The van der Waals surface area contributed by atoms with Gasteiger partial charge in [-0.3, -0.25) is 4.79 Å². The summed E-state index contributed by atoms with van der Waals surface area (Å²) in [7, 11) is -3.88. The van der Waals surface area contributed by atoms with Crippen molar-refractivity contribution in [2.75, 3.05) is 5.32 Å². The Morgan fingerprint density at radius 1 is 1.41 bits per heavy atom. The Kier molecular flexibility index (Phi) is 3.69. The number of sulfonamides is 1. The van der Waals surface area contributed by atoms with Gasteiger partial charge in [-0.2, -0.15) is 0 Å². The van der Waals surface area contributed by atoms with E-state index in [1.54, 1.807) is 19.1 Å². The van der Waals surface area contributed by atoms with Crippen LogP contribution < -0.4 is 10.5 Å². The van der Waals surface area contributed by atoms with Crippen molar-refractivity contribution in [3.05, 3.63) is 35.9 Å². The maximum atomic E-state index is 11.5. The third-order valence-corrected chi connectivity index (χ3v) is 3.24. The highest BCUT2D eigenvalue weighted by Crippen LogP contribution is 2.23. The predicted octanol–water partition coefficient (Wildman–Crippen LogP) is 1.16. The van der Waals surface area contributed by atoms with E-state index < -0.39 is 15.9 Å². The van der Waals surface area contributed by atoms with Gasteiger partial charge in [-0.15, -0.1) is 0 Å². The molecule has 0 heterocycles. The molecule has 0 bridgehead atoms. The quantitative estimate of drug-likeness (QED) is 0.793. The SMILES string of the molecule is C=C(C)C(=O)Nc1cccc(C)c1S(N)(=O)=O. The zero-order valence-electron chi connectivity index (χ0n) is 9.65. The molecule has 0 aliphatic carbocycles. The topological polar surface area (TPSA) is 89.3 Å². The number of primary sulfonamides is 1. The van der Waals surface area contributed by atoms with Gasteiger partial charge >= 0.3 is 0 Å². The van der Waals surface area contributed by atoms with Gasteiger partial charge in [0.15, 0.2) is 0 Å². The second kappa shape index (κ2) is 4.68. The van der Waals surface area contributed by atoms with Gasteiger partial charge in [0.1, 0.15) is 4.90 Å². The van der Waals surface area contributed by atoms with Crippen LogP contribution in [0.25, 0.3) is 0 Å². The summed E-state index contributed by atoms with van der Waals surface area (Å²) in [5.74, 6) is -0.444.